The second-order valence-corrected chi connectivity index (χ2v) is 6.14. The van der Waals surface area contributed by atoms with Gasteiger partial charge in [-0.2, -0.15) is 0 Å². The van der Waals surface area contributed by atoms with Crippen LogP contribution in [0.15, 0.2) is 18.2 Å². The molecule has 8 heteroatoms. The van der Waals surface area contributed by atoms with Gasteiger partial charge in [-0.3, -0.25) is 19.7 Å². The van der Waals surface area contributed by atoms with Gasteiger partial charge >= 0.3 is 5.69 Å². The molecular formula is C17H23N3O5. The highest BCUT2D eigenvalue weighted by atomic mass is 16.6. The molecule has 0 aromatic heterocycles. The lowest BCUT2D eigenvalue weighted by Crippen LogP contribution is -2.51. The highest BCUT2D eigenvalue weighted by Crippen LogP contribution is 2.28. The molecule has 0 saturated carbocycles. The van der Waals surface area contributed by atoms with Crippen molar-refractivity contribution in [3.63, 3.8) is 0 Å². The number of rotatable bonds is 5. The summed E-state index contributed by atoms with van der Waals surface area (Å²) < 4.78 is 5.23. The van der Waals surface area contributed by atoms with E-state index in [1.165, 1.54) is 18.2 Å². The van der Waals surface area contributed by atoms with Gasteiger partial charge in [-0.25, -0.2) is 0 Å². The fraction of sp³-hybridized carbons (Fsp3) is 0.529. The summed E-state index contributed by atoms with van der Waals surface area (Å²) in [4.78, 5) is 38.6. The maximum atomic E-state index is 12.6. The minimum absolute atomic E-state index is 0.0730. The molecule has 2 rings (SSSR count). The van der Waals surface area contributed by atoms with Crippen molar-refractivity contribution in [3.05, 3.63) is 33.9 Å². The number of nitrogens with zero attached hydrogens (tertiary/aromatic N) is 3. The van der Waals surface area contributed by atoms with Gasteiger partial charge in [0.2, 0.25) is 5.91 Å². The summed E-state index contributed by atoms with van der Waals surface area (Å²) in [5.41, 5.74) is 0.0279. The first-order valence-corrected chi connectivity index (χ1v) is 8.34. The Bertz CT molecular complexity index is 666. The molecule has 1 aliphatic heterocycles. The molecule has 0 unspecified atom stereocenters. The summed E-state index contributed by atoms with van der Waals surface area (Å²) in [5, 5.41) is 11.2. The molecule has 136 valence electrons. The SMILES string of the molecule is CCOc1ccc(C(=O)N2CCN(C(=O)C(C)C)CC2)cc1[N+](=O)[O-]. The molecule has 25 heavy (non-hydrogen) atoms. The Morgan fingerprint density at radius 1 is 1.20 bits per heavy atom. The van der Waals surface area contributed by atoms with E-state index in [2.05, 4.69) is 0 Å². The van der Waals surface area contributed by atoms with Crippen LogP contribution in [0, 0.1) is 16.0 Å². The van der Waals surface area contributed by atoms with Crippen molar-refractivity contribution in [2.75, 3.05) is 32.8 Å². The van der Waals surface area contributed by atoms with Crippen LogP contribution < -0.4 is 4.74 Å². The predicted molar refractivity (Wildman–Crippen MR) is 91.6 cm³/mol. The van der Waals surface area contributed by atoms with Gasteiger partial charge < -0.3 is 14.5 Å². The summed E-state index contributed by atoms with van der Waals surface area (Å²) in [6, 6.07) is 4.23. The lowest BCUT2D eigenvalue weighted by atomic mass is 10.1. The molecule has 1 aliphatic rings. The number of amides is 2. The molecule has 0 N–H and O–H groups in total. The number of nitro benzene ring substituents is 1. The molecule has 1 saturated heterocycles. The monoisotopic (exact) mass is 349 g/mol. The average Bonchev–Trinajstić information content (AvgIpc) is 2.61. The van der Waals surface area contributed by atoms with Crippen LogP contribution in [0.3, 0.4) is 0 Å². The summed E-state index contributed by atoms with van der Waals surface area (Å²) in [6.07, 6.45) is 0. The van der Waals surface area contributed by atoms with Crippen LogP contribution >= 0.6 is 0 Å². The van der Waals surface area contributed by atoms with Gasteiger partial charge in [0.15, 0.2) is 5.75 Å². The van der Waals surface area contributed by atoms with E-state index in [4.69, 9.17) is 4.74 Å². The summed E-state index contributed by atoms with van der Waals surface area (Å²) in [7, 11) is 0. The Morgan fingerprint density at radius 2 is 1.80 bits per heavy atom. The molecule has 0 bridgehead atoms. The van der Waals surface area contributed by atoms with Crippen LogP contribution in [0.25, 0.3) is 0 Å². The average molecular weight is 349 g/mol. The van der Waals surface area contributed by atoms with Crippen LogP contribution in [0.4, 0.5) is 5.69 Å². The number of piperazine rings is 1. The van der Waals surface area contributed by atoms with Crippen LogP contribution in [-0.4, -0.2) is 59.3 Å². The number of nitro groups is 1. The smallest absolute Gasteiger partial charge is 0.311 e. The number of hydrogen-bond acceptors (Lipinski definition) is 5. The molecule has 0 radical (unpaired) electrons. The first kappa shape index (κ1) is 18.7. The number of benzene rings is 1. The van der Waals surface area contributed by atoms with Gasteiger partial charge in [0.25, 0.3) is 5.91 Å². The van der Waals surface area contributed by atoms with Crippen molar-refractivity contribution >= 4 is 17.5 Å². The third-order valence-corrected chi connectivity index (χ3v) is 4.07. The minimum Gasteiger partial charge on any atom is -0.487 e. The number of carbonyl (C=O) groups excluding carboxylic acids is 2. The third kappa shape index (κ3) is 4.26. The summed E-state index contributed by atoms with van der Waals surface area (Å²) in [6.45, 7) is 7.51. The first-order valence-electron chi connectivity index (χ1n) is 8.34. The maximum Gasteiger partial charge on any atom is 0.311 e. The van der Waals surface area contributed by atoms with Crippen LogP contribution in [0.1, 0.15) is 31.1 Å². The Kier molecular flexibility index (Phi) is 5.95. The standard InChI is InChI=1S/C17H23N3O5/c1-4-25-15-6-5-13(11-14(15)20(23)24)17(22)19-9-7-18(8-10-19)16(21)12(2)3/h5-6,11-12H,4,7-10H2,1-3H3. The van der Waals surface area contributed by atoms with E-state index in [1.807, 2.05) is 13.8 Å². The second-order valence-electron chi connectivity index (χ2n) is 6.14. The largest absolute Gasteiger partial charge is 0.487 e. The molecule has 0 aliphatic carbocycles. The highest BCUT2D eigenvalue weighted by Gasteiger charge is 2.27. The molecular weight excluding hydrogens is 326 g/mol. The topological polar surface area (TPSA) is 93.0 Å². The highest BCUT2D eigenvalue weighted by molar-refractivity contribution is 5.95. The Labute approximate surface area is 146 Å². The molecule has 0 spiro atoms. The molecule has 1 fully saturated rings. The van der Waals surface area contributed by atoms with Crippen molar-refractivity contribution < 1.29 is 19.2 Å². The van der Waals surface area contributed by atoms with Crippen LogP contribution in [0.5, 0.6) is 5.75 Å². The van der Waals surface area contributed by atoms with E-state index in [1.54, 1.807) is 16.7 Å². The van der Waals surface area contributed by atoms with Crippen molar-refractivity contribution in [2.45, 2.75) is 20.8 Å². The van der Waals surface area contributed by atoms with Crippen molar-refractivity contribution in [1.29, 1.82) is 0 Å². The van der Waals surface area contributed by atoms with E-state index in [-0.39, 0.29) is 34.7 Å². The zero-order valence-corrected chi connectivity index (χ0v) is 14.7. The van der Waals surface area contributed by atoms with Gasteiger partial charge in [-0.15, -0.1) is 0 Å². The molecule has 0 atom stereocenters. The zero-order chi connectivity index (χ0) is 18.6. The number of carbonyl (C=O) groups is 2. The Hall–Kier alpha value is -2.64. The molecule has 1 heterocycles. The van der Waals surface area contributed by atoms with E-state index in [0.29, 0.717) is 32.8 Å². The molecule has 2 amide bonds. The maximum absolute atomic E-state index is 12.6. The Morgan fingerprint density at radius 3 is 2.32 bits per heavy atom. The van der Waals surface area contributed by atoms with Crippen LogP contribution in [-0.2, 0) is 4.79 Å². The van der Waals surface area contributed by atoms with Crippen molar-refractivity contribution in [2.24, 2.45) is 5.92 Å². The lowest BCUT2D eigenvalue weighted by molar-refractivity contribution is -0.385. The van der Waals surface area contributed by atoms with Gasteiger partial charge in [0.1, 0.15) is 0 Å². The summed E-state index contributed by atoms with van der Waals surface area (Å²) >= 11 is 0. The minimum atomic E-state index is -0.555. The number of ether oxygens (including phenoxy) is 1. The van der Waals surface area contributed by atoms with Crippen molar-refractivity contribution in [1.82, 2.24) is 9.80 Å². The van der Waals surface area contributed by atoms with E-state index >= 15 is 0 Å². The zero-order valence-electron chi connectivity index (χ0n) is 14.7. The molecule has 1 aromatic carbocycles. The summed E-state index contributed by atoms with van der Waals surface area (Å²) in [5.74, 6) is -0.126. The fourth-order valence-electron chi connectivity index (χ4n) is 2.75. The van der Waals surface area contributed by atoms with Crippen LogP contribution in [0.2, 0.25) is 0 Å². The number of hydrogen-bond donors (Lipinski definition) is 0. The fourth-order valence-corrected chi connectivity index (χ4v) is 2.75. The van der Waals surface area contributed by atoms with E-state index < -0.39 is 4.92 Å². The van der Waals surface area contributed by atoms with E-state index in [9.17, 15) is 19.7 Å². The predicted octanol–water partition coefficient (Wildman–Crippen LogP) is 1.93. The van der Waals surface area contributed by atoms with Crippen molar-refractivity contribution in [3.8, 4) is 5.75 Å². The van der Waals surface area contributed by atoms with E-state index in [0.717, 1.165) is 0 Å². The Balaban J connectivity index is 2.10. The second kappa shape index (κ2) is 7.96. The molecule has 8 nitrogen and oxygen atoms in total. The lowest BCUT2D eigenvalue weighted by Gasteiger charge is -2.35. The van der Waals surface area contributed by atoms with Gasteiger partial charge in [-0.05, 0) is 19.1 Å². The first-order chi connectivity index (χ1) is 11.8. The van der Waals surface area contributed by atoms with Gasteiger partial charge in [0, 0.05) is 43.7 Å². The normalized spacial score (nSPS) is 14.6. The van der Waals surface area contributed by atoms with Gasteiger partial charge in [0.05, 0.1) is 11.5 Å². The third-order valence-electron chi connectivity index (χ3n) is 4.07. The molecule has 1 aromatic rings. The quantitative estimate of drug-likeness (QED) is 0.598. The van der Waals surface area contributed by atoms with Gasteiger partial charge in [-0.1, -0.05) is 13.8 Å².